The first-order valence-electron chi connectivity index (χ1n) is 6.72. The number of rotatable bonds is 7. The van der Waals surface area contributed by atoms with Gasteiger partial charge in [0.2, 0.25) is 0 Å². The second kappa shape index (κ2) is 8.05. The van der Waals surface area contributed by atoms with E-state index in [0.717, 1.165) is 12.0 Å². The molecule has 0 aliphatic carbocycles. The van der Waals surface area contributed by atoms with Gasteiger partial charge in [-0.05, 0) is 36.2 Å². The third kappa shape index (κ3) is 5.40. The van der Waals surface area contributed by atoms with Crippen LogP contribution in [0, 0.1) is 0 Å². The van der Waals surface area contributed by atoms with Crippen LogP contribution in [0.2, 0.25) is 5.02 Å². The maximum Gasteiger partial charge on any atom is 0.142 e. The van der Waals surface area contributed by atoms with Crippen molar-refractivity contribution in [2.45, 2.75) is 12.2 Å². The van der Waals surface area contributed by atoms with Crippen LogP contribution in [0.4, 0.5) is 5.69 Å². The van der Waals surface area contributed by atoms with Crippen molar-refractivity contribution in [3.8, 4) is 5.75 Å². The lowest BCUT2D eigenvalue weighted by Gasteiger charge is -2.08. The van der Waals surface area contributed by atoms with Crippen LogP contribution < -0.4 is 10.5 Å². The molecule has 5 heteroatoms. The van der Waals surface area contributed by atoms with Crippen LogP contribution in [-0.4, -0.2) is 16.6 Å². The lowest BCUT2D eigenvalue weighted by atomic mass is 10.2. The summed E-state index contributed by atoms with van der Waals surface area (Å²) in [6.07, 6.45) is 0.731. The summed E-state index contributed by atoms with van der Waals surface area (Å²) in [6, 6.07) is 14.8. The van der Waals surface area contributed by atoms with Crippen molar-refractivity contribution in [3.05, 3.63) is 59.1 Å². The molecule has 3 nitrogen and oxygen atoms in total. The average Bonchev–Trinajstić information content (AvgIpc) is 2.48. The number of benzene rings is 2. The Bertz CT molecular complexity index is 601. The van der Waals surface area contributed by atoms with Crippen LogP contribution in [0.5, 0.6) is 5.75 Å². The lowest BCUT2D eigenvalue weighted by Crippen LogP contribution is -2.07. The quantitative estimate of drug-likeness (QED) is 0.625. The van der Waals surface area contributed by atoms with E-state index in [0.29, 0.717) is 34.6 Å². The van der Waals surface area contributed by atoms with E-state index in [4.69, 9.17) is 22.1 Å². The van der Waals surface area contributed by atoms with Crippen molar-refractivity contribution >= 4 is 28.1 Å². The number of para-hydroxylation sites is 2. The molecule has 2 aromatic carbocycles. The third-order valence-electron chi connectivity index (χ3n) is 2.93. The Hall–Kier alpha value is -1.52. The molecule has 2 rings (SSSR count). The number of nitrogen functional groups attached to an aromatic ring is 1. The number of halogens is 1. The van der Waals surface area contributed by atoms with Gasteiger partial charge in [0.05, 0.1) is 12.3 Å². The molecule has 0 aliphatic heterocycles. The normalized spacial score (nSPS) is 12.0. The highest BCUT2D eigenvalue weighted by Crippen LogP contribution is 2.19. The van der Waals surface area contributed by atoms with E-state index in [1.54, 1.807) is 6.07 Å². The maximum absolute atomic E-state index is 12.0. The van der Waals surface area contributed by atoms with Crippen LogP contribution in [-0.2, 0) is 16.6 Å². The van der Waals surface area contributed by atoms with Crippen molar-refractivity contribution in [1.29, 1.82) is 0 Å². The second-order valence-electron chi connectivity index (χ2n) is 4.65. The first kappa shape index (κ1) is 15.9. The zero-order valence-corrected chi connectivity index (χ0v) is 13.2. The average molecular weight is 324 g/mol. The predicted octanol–water partition coefficient (Wildman–Crippen LogP) is 3.64. The topological polar surface area (TPSA) is 52.3 Å². The fourth-order valence-electron chi connectivity index (χ4n) is 1.85. The van der Waals surface area contributed by atoms with Crippen LogP contribution >= 0.6 is 11.6 Å². The molecule has 0 saturated carbocycles. The molecule has 1 unspecified atom stereocenters. The SMILES string of the molecule is Nc1ccccc1OCCCS(=O)Cc1ccc(Cl)cc1. The van der Waals surface area contributed by atoms with Gasteiger partial charge in [-0.3, -0.25) is 4.21 Å². The Morgan fingerprint density at radius 1 is 1.10 bits per heavy atom. The number of hydrogen-bond donors (Lipinski definition) is 1. The van der Waals surface area contributed by atoms with Gasteiger partial charge in [-0.25, -0.2) is 0 Å². The Morgan fingerprint density at radius 3 is 2.52 bits per heavy atom. The summed E-state index contributed by atoms with van der Waals surface area (Å²) in [5.74, 6) is 1.83. The highest BCUT2D eigenvalue weighted by Gasteiger charge is 2.03. The molecule has 2 N–H and O–H groups in total. The van der Waals surface area contributed by atoms with Crippen molar-refractivity contribution in [2.75, 3.05) is 18.1 Å². The fourth-order valence-corrected chi connectivity index (χ4v) is 3.13. The van der Waals surface area contributed by atoms with Crippen molar-refractivity contribution < 1.29 is 8.95 Å². The summed E-state index contributed by atoms with van der Waals surface area (Å²) in [4.78, 5) is 0. The number of anilines is 1. The van der Waals surface area contributed by atoms with Crippen LogP contribution in [0.15, 0.2) is 48.5 Å². The summed E-state index contributed by atoms with van der Waals surface area (Å²) >= 11 is 5.82. The molecule has 0 spiro atoms. The van der Waals surface area contributed by atoms with Crippen LogP contribution in [0.3, 0.4) is 0 Å². The minimum Gasteiger partial charge on any atom is -0.491 e. The minimum absolute atomic E-state index is 0.514. The number of hydrogen-bond acceptors (Lipinski definition) is 3. The van der Waals surface area contributed by atoms with Gasteiger partial charge in [0, 0.05) is 27.3 Å². The Balaban J connectivity index is 1.70. The number of ether oxygens (including phenoxy) is 1. The summed E-state index contributed by atoms with van der Waals surface area (Å²) in [5, 5.41) is 0.693. The Morgan fingerprint density at radius 2 is 1.81 bits per heavy atom. The molecule has 0 fully saturated rings. The molecule has 0 amide bonds. The minimum atomic E-state index is -0.895. The van der Waals surface area contributed by atoms with E-state index in [1.807, 2.05) is 42.5 Å². The number of nitrogens with two attached hydrogens (primary N) is 1. The summed E-state index contributed by atoms with van der Waals surface area (Å²) < 4.78 is 17.5. The van der Waals surface area contributed by atoms with Crippen molar-refractivity contribution in [1.82, 2.24) is 0 Å². The van der Waals surface area contributed by atoms with Crippen molar-refractivity contribution in [2.24, 2.45) is 0 Å². The molecule has 0 aromatic heterocycles. The highest BCUT2D eigenvalue weighted by molar-refractivity contribution is 7.84. The largest absolute Gasteiger partial charge is 0.491 e. The van der Waals surface area contributed by atoms with Gasteiger partial charge in [-0.15, -0.1) is 0 Å². The molecular weight excluding hydrogens is 306 g/mol. The zero-order valence-electron chi connectivity index (χ0n) is 11.6. The third-order valence-corrected chi connectivity index (χ3v) is 4.59. The molecule has 0 aliphatic rings. The van der Waals surface area contributed by atoms with E-state index in [2.05, 4.69) is 0 Å². The summed E-state index contributed by atoms with van der Waals surface area (Å²) in [6.45, 7) is 0.514. The smallest absolute Gasteiger partial charge is 0.142 e. The molecule has 0 heterocycles. The van der Waals surface area contributed by atoms with Gasteiger partial charge in [0.1, 0.15) is 5.75 Å². The van der Waals surface area contributed by atoms with Gasteiger partial charge < -0.3 is 10.5 Å². The summed E-state index contributed by atoms with van der Waals surface area (Å²) in [7, 11) is -0.895. The predicted molar refractivity (Wildman–Crippen MR) is 89.1 cm³/mol. The van der Waals surface area contributed by atoms with Gasteiger partial charge in [0.25, 0.3) is 0 Å². The first-order chi connectivity index (χ1) is 10.1. The highest BCUT2D eigenvalue weighted by atomic mass is 35.5. The van der Waals surface area contributed by atoms with E-state index in [-0.39, 0.29) is 0 Å². The van der Waals surface area contributed by atoms with E-state index in [1.165, 1.54) is 0 Å². The Kier molecular flexibility index (Phi) is 6.08. The monoisotopic (exact) mass is 323 g/mol. The van der Waals surface area contributed by atoms with Gasteiger partial charge in [0.15, 0.2) is 0 Å². The summed E-state index contributed by atoms with van der Waals surface area (Å²) in [5.41, 5.74) is 7.44. The molecule has 0 bridgehead atoms. The van der Waals surface area contributed by atoms with Crippen molar-refractivity contribution in [3.63, 3.8) is 0 Å². The van der Waals surface area contributed by atoms with E-state index in [9.17, 15) is 4.21 Å². The van der Waals surface area contributed by atoms with Crippen LogP contribution in [0.25, 0.3) is 0 Å². The van der Waals surface area contributed by atoms with Gasteiger partial charge in [-0.1, -0.05) is 35.9 Å². The van der Waals surface area contributed by atoms with E-state index >= 15 is 0 Å². The molecular formula is C16H18ClNO2S. The van der Waals surface area contributed by atoms with E-state index < -0.39 is 10.8 Å². The lowest BCUT2D eigenvalue weighted by molar-refractivity contribution is 0.320. The molecule has 0 saturated heterocycles. The van der Waals surface area contributed by atoms with Crippen LogP contribution in [0.1, 0.15) is 12.0 Å². The molecule has 0 radical (unpaired) electrons. The van der Waals surface area contributed by atoms with Gasteiger partial charge >= 0.3 is 0 Å². The molecule has 2 aromatic rings. The van der Waals surface area contributed by atoms with Gasteiger partial charge in [-0.2, -0.15) is 0 Å². The molecule has 21 heavy (non-hydrogen) atoms. The maximum atomic E-state index is 12.0. The Labute approximate surface area is 132 Å². The fraction of sp³-hybridized carbons (Fsp3) is 0.250. The zero-order chi connectivity index (χ0) is 15.1. The standard InChI is InChI=1S/C16H18ClNO2S/c17-14-8-6-13(7-9-14)12-21(19)11-3-10-20-16-5-2-1-4-15(16)18/h1-2,4-9H,3,10-12,18H2. The molecule has 1 atom stereocenters. The molecule has 112 valence electrons. The second-order valence-corrected chi connectivity index (χ2v) is 6.67. The first-order valence-corrected chi connectivity index (χ1v) is 8.58.